The smallest absolute Gasteiger partial charge is 0.0406 e. The van der Waals surface area contributed by atoms with Crippen LogP contribution in [0.25, 0.3) is 0 Å². The number of halogens is 1. The van der Waals surface area contributed by atoms with Gasteiger partial charge in [0.2, 0.25) is 0 Å². The highest BCUT2D eigenvalue weighted by atomic mass is 35.5. The maximum absolute atomic E-state index is 5.86. The van der Waals surface area contributed by atoms with Gasteiger partial charge in [-0.1, -0.05) is 56.3 Å². The van der Waals surface area contributed by atoms with Gasteiger partial charge in [0.25, 0.3) is 0 Å². The van der Waals surface area contributed by atoms with Crippen LogP contribution in [0.2, 0.25) is 5.02 Å². The zero-order valence-electron chi connectivity index (χ0n) is 10.6. The zero-order valence-corrected chi connectivity index (χ0v) is 11.3. The van der Waals surface area contributed by atoms with Gasteiger partial charge in [0.1, 0.15) is 0 Å². The third-order valence-electron chi connectivity index (χ3n) is 3.04. The minimum Gasteiger partial charge on any atom is -0.271 e. The summed E-state index contributed by atoms with van der Waals surface area (Å²) >= 11 is 5.86. The largest absolute Gasteiger partial charge is 0.271 e. The van der Waals surface area contributed by atoms with Crippen molar-refractivity contribution in [1.29, 1.82) is 0 Å². The molecule has 0 aliphatic rings. The Balaban J connectivity index is 2.33. The van der Waals surface area contributed by atoms with E-state index in [2.05, 4.69) is 24.5 Å². The molecule has 2 nitrogen and oxygen atoms in total. The first-order valence-electron chi connectivity index (χ1n) is 6.46. The van der Waals surface area contributed by atoms with Crippen LogP contribution in [0.1, 0.15) is 44.6 Å². The number of nitrogens with two attached hydrogens (primary N) is 1. The monoisotopic (exact) mass is 254 g/mol. The normalized spacial score (nSPS) is 12.6. The van der Waals surface area contributed by atoms with Crippen molar-refractivity contribution in [2.24, 2.45) is 5.84 Å². The quantitative estimate of drug-likeness (QED) is 0.422. The second-order valence-corrected chi connectivity index (χ2v) is 4.98. The van der Waals surface area contributed by atoms with Gasteiger partial charge in [-0.2, -0.15) is 0 Å². The highest BCUT2D eigenvalue weighted by Gasteiger charge is 2.07. The molecule has 17 heavy (non-hydrogen) atoms. The van der Waals surface area contributed by atoms with Gasteiger partial charge >= 0.3 is 0 Å². The average Bonchev–Trinajstić information content (AvgIpc) is 2.35. The van der Waals surface area contributed by atoms with E-state index < -0.39 is 0 Å². The van der Waals surface area contributed by atoms with E-state index >= 15 is 0 Å². The molecule has 1 aromatic carbocycles. The van der Waals surface area contributed by atoms with Crippen molar-refractivity contribution >= 4 is 11.6 Å². The lowest BCUT2D eigenvalue weighted by molar-refractivity contribution is 0.463. The lowest BCUT2D eigenvalue weighted by atomic mass is 10.0. The van der Waals surface area contributed by atoms with Crippen molar-refractivity contribution in [3.05, 3.63) is 34.9 Å². The van der Waals surface area contributed by atoms with E-state index in [1.54, 1.807) is 0 Å². The molecular weight excluding hydrogens is 232 g/mol. The van der Waals surface area contributed by atoms with Gasteiger partial charge in [-0.25, -0.2) is 0 Å². The number of hydrogen-bond donors (Lipinski definition) is 2. The lowest BCUT2D eigenvalue weighted by Crippen LogP contribution is -2.36. The van der Waals surface area contributed by atoms with Crippen molar-refractivity contribution in [2.75, 3.05) is 0 Å². The standard InChI is InChI=1S/C14H23ClN2/c1-2-3-4-5-6-14(17-16)11-12-7-9-13(15)10-8-12/h7-10,14,17H,2-6,11,16H2,1H3. The number of rotatable bonds is 8. The lowest BCUT2D eigenvalue weighted by Gasteiger charge is -2.15. The summed E-state index contributed by atoms with van der Waals surface area (Å²) in [4.78, 5) is 0. The van der Waals surface area contributed by atoms with E-state index in [1.165, 1.54) is 31.2 Å². The summed E-state index contributed by atoms with van der Waals surface area (Å²) in [6.45, 7) is 2.23. The van der Waals surface area contributed by atoms with E-state index in [0.717, 1.165) is 17.9 Å². The average molecular weight is 255 g/mol. The van der Waals surface area contributed by atoms with Gasteiger partial charge in [-0.15, -0.1) is 0 Å². The zero-order chi connectivity index (χ0) is 12.5. The molecule has 1 unspecified atom stereocenters. The van der Waals surface area contributed by atoms with Crippen LogP contribution in [-0.4, -0.2) is 6.04 Å². The van der Waals surface area contributed by atoms with Crippen LogP contribution in [-0.2, 0) is 6.42 Å². The van der Waals surface area contributed by atoms with E-state index in [9.17, 15) is 0 Å². The van der Waals surface area contributed by atoms with Gasteiger partial charge < -0.3 is 0 Å². The summed E-state index contributed by atoms with van der Waals surface area (Å²) in [6, 6.07) is 8.37. The molecule has 0 radical (unpaired) electrons. The van der Waals surface area contributed by atoms with Crippen molar-refractivity contribution in [3.63, 3.8) is 0 Å². The molecule has 0 bridgehead atoms. The molecular formula is C14H23ClN2. The van der Waals surface area contributed by atoms with Crippen molar-refractivity contribution in [1.82, 2.24) is 5.43 Å². The number of nitrogens with one attached hydrogen (secondary N) is 1. The fourth-order valence-electron chi connectivity index (χ4n) is 1.97. The Hall–Kier alpha value is -0.570. The molecule has 0 saturated carbocycles. The Morgan fingerprint density at radius 2 is 1.88 bits per heavy atom. The minimum absolute atomic E-state index is 0.369. The van der Waals surface area contributed by atoms with E-state index in [-0.39, 0.29) is 0 Å². The third-order valence-corrected chi connectivity index (χ3v) is 3.29. The summed E-state index contributed by atoms with van der Waals surface area (Å²) in [5.74, 6) is 5.59. The summed E-state index contributed by atoms with van der Waals surface area (Å²) in [6.07, 6.45) is 7.25. The molecule has 0 heterocycles. The molecule has 0 amide bonds. The van der Waals surface area contributed by atoms with Crippen LogP contribution in [0.3, 0.4) is 0 Å². The summed E-state index contributed by atoms with van der Waals surface area (Å²) in [5.41, 5.74) is 4.19. The number of hydrogen-bond acceptors (Lipinski definition) is 2. The molecule has 1 atom stereocenters. The first-order chi connectivity index (χ1) is 8.26. The fourth-order valence-corrected chi connectivity index (χ4v) is 2.09. The molecule has 0 aliphatic heterocycles. The Bertz CT molecular complexity index is 298. The molecule has 1 aromatic rings. The van der Waals surface area contributed by atoms with Crippen molar-refractivity contribution in [3.8, 4) is 0 Å². The Morgan fingerprint density at radius 1 is 1.18 bits per heavy atom. The first-order valence-corrected chi connectivity index (χ1v) is 6.84. The third kappa shape index (κ3) is 6.06. The summed E-state index contributed by atoms with van der Waals surface area (Å²) in [7, 11) is 0. The predicted molar refractivity (Wildman–Crippen MR) is 75.0 cm³/mol. The van der Waals surface area contributed by atoms with Gasteiger partial charge in [0.05, 0.1) is 0 Å². The molecule has 0 fully saturated rings. The van der Waals surface area contributed by atoms with Crippen LogP contribution in [0, 0.1) is 0 Å². The van der Waals surface area contributed by atoms with Crippen LogP contribution in [0.5, 0.6) is 0 Å². The Kier molecular flexibility index (Phi) is 7.25. The molecule has 0 aromatic heterocycles. The molecule has 96 valence electrons. The van der Waals surface area contributed by atoms with Crippen LogP contribution >= 0.6 is 11.6 Å². The summed E-state index contributed by atoms with van der Waals surface area (Å²) in [5, 5.41) is 0.786. The SMILES string of the molecule is CCCCCCC(Cc1ccc(Cl)cc1)NN. The van der Waals surface area contributed by atoms with Crippen LogP contribution in [0.15, 0.2) is 24.3 Å². The number of benzene rings is 1. The van der Waals surface area contributed by atoms with Gasteiger partial charge in [-0.05, 0) is 30.5 Å². The summed E-state index contributed by atoms with van der Waals surface area (Å²) < 4.78 is 0. The second-order valence-electron chi connectivity index (χ2n) is 4.54. The minimum atomic E-state index is 0.369. The molecule has 3 N–H and O–H groups in total. The van der Waals surface area contributed by atoms with Crippen molar-refractivity contribution < 1.29 is 0 Å². The molecule has 0 spiro atoms. The highest BCUT2D eigenvalue weighted by Crippen LogP contribution is 2.13. The fraction of sp³-hybridized carbons (Fsp3) is 0.571. The van der Waals surface area contributed by atoms with E-state index in [0.29, 0.717) is 6.04 Å². The maximum Gasteiger partial charge on any atom is 0.0406 e. The predicted octanol–water partition coefficient (Wildman–Crippen LogP) is 3.68. The number of unbranched alkanes of at least 4 members (excludes halogenated alkanes) is 3. The maximum atomic E-state index is 5.86. The Labute approximate surface area is 110 Å². The second kappa shape index (κ2) is 8.51. The molecule has 3 heteroatoms. The van der Waals surface area contributed by atoms with Crippen LogP contribution < -0.4 is 11.3 Å². The highest BCUT2D eigenvalue weighted by molar-refractivity contribution is 6.30. The van der Waals surface area contributed by atoms with Crippen LogP contribution in [0.4, 0.5) is 0 Å². The van der Waals surface area contributed by atoms with Gasteiger partial charge in [0, 0.05) is 11.1 Å². The first kappa shape index (κ1) is 14.5. The molecule has 1 rings (SSSR count). The number of hydrazine groups is 1. The molecule has 0 saturated heterocycles. The van der Waals surface area contributed by atoms with Gasteiger partial charge in [-0.3, -0.25) is 11.3 Å². The topological polar surface area (TPSA) is 38.0 Å². The molecule has 0 aliphatic carbocycles. The van der Waals surface area contributed by atoms with Gasteiger partial charge in [0.15, 0.2) is 0 Å². The van der Waals surface area contributed by atoms with Crippen molar-refractivity contribution in [2.45, 2.75) is 51.5 Å². The van der Waals surface area contributed by atoms with E-state index in [1.807, 2.05) is 12.1 Å². The Morgan fingerprint density at radius 3 is 2.47 bits per heavy atom. The van der Waals surface area contributed by atoms with E-state index in [4.69, 9.17) is 17.4 Å².